The number of aromatic nitrogens is 3. The van der Waals surface area contributed by atoms with E-state index in [4.69, 9.17) is 0 Å². The van der Waals surface area contributed by atoms with Crippen LogP contribution < -0.4 is 0 Å². The first-order chi connectivity index (χ1) is 10.1. The summed E-state index contributed by atoms with van der Waals surface area (Å²) in [5.41, 5.74) is 3.31. The fourth-order valence-corrected chi connectivity index (χ4v) is 3.03. The number of hydrogen-bond donors (Lipinski definition) is 0. The van der Waals surface area contributed by atoms with E-state index in [1.165, 1.54) is 5.56 Å². The van der Waals surface area contributed by atoms with Gasteiger partial charge in [0.05, 0.1) is 0 Å². The Kier molecular flexibility index (Phi) is 3.95. The van der Waals surface area contributed by atoms with Crippen LogP contribution in [0.5, 0.6) is 0 Å². The maximum atomic E-state index is 4.36. The molecule has 5 heteroatoms. The van der Waals surface area contributed by atoms with E-state index in [0.717, 1.165) is 31.7 Å². The molecule has 0 aliphatic heterocycles. The second-order valence-electron chi connectivity index (χ2n) is 4.87. The molecule has 0 unspecified atom stereocenters. The summed E-state index contributed by atoms with van der Waals surface area (Å²) in [4.78, 5) is 0. The van der Waals surface area contributed by atoms with E-state index in [0.29, 0.717) is 0 Å². The molecule has 0 aliphatic rings. The van der Waals surface area contributed by atoms with E-state index in [1.54, 1.807) is 0 Å². The first-order valence-electron chi connectivity index (χ1n) is 6.48. The zero-order valence-corrected chi connectivity index (χ0v) is 14.8. The van der Waals surface area contributed by atoms with Crippen LogP contribution in [0.3, 0.4) is 0 Å². The van der Waals surface area contributed by atoms with E-state index < -0.39 is 0 Å². The summed E-state index contributed by atoms with van der Waals surface area (Å²) < 4.78 is 4.15. The topological polar surface area (TPSA) is 30.7 Å². The van der Waals surface area contributed by atoms with Gasteiger partial charge in [0.15, 0.2) is 11.6 Å². The predicted molar refractivity (Wildman–Crippen MR) is 92.0 cm³/mol. The van der Waals surface area contributed by atoms with Gasteiger partial charge in [0.2, 0.25) is 0 Å². The molecule has 0 fully saturated rings. The van der Waals surface area contributed by atoms with Crippen molar-refractivity contribution in [2.24, 2.45) is 7.05 Å². The van der Waals surface area contributed by atoms with Crippen LogP contribution in [0.15, 0.2) is 51.4 Å². The van der Waals surface area contributed by atoms with E-state index in [-0.39, 0.29) is 0 Å². The molecule has 106 valence electrons. The molecule has 2 aromatic carbocycles. The Labute approximate surface area is 140 Å². The summed E-state index contributed by atoms with van der Waals surface area (Å²) in [5.74, 6) is 1.73. The molecule has 3 rings (SSSR count). The Morgan fingerprint density at radius 1 is 0.857 bits per heavy atom. The molecule has 3 nitrogen and oxygen atoms in total. The predicted octanol–water partition coefficient (Wildman–Crippen LogP) is 4.98. The van der Waals surface area contributed by atoms with Crippen molar-refractivity contribution in [2.45, 2.75) is 6.92 Å². The van der Waals surface area contributed by atoms with E-state index in [1.807, 2.05) is 41.9 Å². The number of hydrogen-bond acceptors (Lipinski definition) is 2. The summed E-state index contributed by atoms with van der Waals surface area (Å²) >= 11 is 6.94. The molecular weight excluding hydrogens is 394 g/mol. The SMILES string of the molecule is Cc1cc(Br)ccc1-c1nnc(-c2ccc(Br)cc2)n1C. The van der Waals surface area contributed by atoms with Gasteiger partial charge in [-0.05, 0) is 42.8 Å². The highest BCUT2D eigenvalue weighted by molar-refractivity contribution is 9.10. The van der Waals surface area contributed by atoms with Gasteiger partial charge < -0.3 is 4.57 Å². The van der Waals surface area contributed by atoms with Crippen molar-refractivity contribution >= 4 is 31.9 Å². The van der Waals surface area contributed by atoms with Crippen LogP contribution in [0, 0.1) is 6.92 Å². The van der Waals surface area contributed by atoms with Crippen molar-refractivity contribution in [2.75, 3.05) is 0 Å². The van der Waals surface area contributed by atoms with Crippen LogP contribution in [0.25, 0.3) is 22.8 Å². The van der Waals surface area contributed by atoms with Gasteiger partial charge in [-0.15, -0.1) is 10.2 Å². The van der Waals surface area contributed by atoms with Crippen LogP contribution >= 0.6 is 31.9 Å². The number of aryl methyl sites for hydroxylation is 1. The Balaban J connectivity index is 2.09. The summed E-state index contributed by atoms with van der Waals surface area (Å²) in [6.07, 6.45) is 0. The van der Waals surface area contributed by atoms with Gasteiger partial charge >= 0.3 is 0 Å². The van der Waals surface area contributed by atoms with Gasteiger partial charge in [-0.3, -0.25) is 0 Å². The van der Waals surface area contributed by atoms with Crippen molar-refractivity contribution in [3.8, 4) is 22.8 Å². The lowest BCUT2D eigenvalue weighted by atomic mass is 10.1. The fourth-order valence-electron chi connectivity index (χ4n) is 2.29. The lowest BCUT2D eigenvalue weighted by Gasteiger charge is -2.07. The first-order valence-corrected chi connectivity index (χ1v) is 8.07. The van der Waals surface area contributed by atoms with Crippen LogP contribution in [0.1, 0.15) is 5.56 Å². The summed E-state index contributed by atoms with van der Waals surface area (Å²) in [6, 6.07) is 14.3. The molecule has 0 aliphatic carbocycles. The van der Waals surface area contributed by atoms with E-state index in [9.17, 15) is 0 Å². The summed E-state index contributed by atoms with van der Waals surface area (Å²) in [5, 5.41) is 8.70. The summed E-state index contributed by atoms with van der Waals surface area (Å²) in [7, 11) is 1.99. The standard InChI is InChI=1S/C16H13Br2N3/c1-10-9-13(18)7-8-14(10)16-20-19-15(21(16)2)11-3-5-12(17)6-4-11/h3-9H,1-2H3. The third-order valence-corrected chi connectivity index (χ3v) is 4.43. The highest BCUT2D eigenvalue weighted by Gasteiger charge is 2.14. The Bertz CT molecular complexity index is 792. The highest BCUT2D eigenvalue weighted by Crippen LogP contribution is 2.28. The van der Waals surface area contributed by atoms with Crippen molar-refractivity contribution in [3.63, 3.8) is 0 Å². The van der Waals surface area contributed by atoms with Gasteiger partial charge in [-0.2, -0.15) is 0 Å². The second-order valence-corrected chi connectivity index (χ2v) is 6.70. The lowest BCUT2D eigenvalue weighted by Crippen LogP contribution is -1.97. The maximum absolute atomic E-state index is 4.36. The van der Waals surface area contributed by atoms with Gasteiger partial charge in [0.1, 0.15) is 0 Å². The molecule has 0 saturated heterocycles. The zero-order chi connectivity index (χ0) is 15.0. The van der Waals surface area contributed by atoms with Crippen molar-refractivity contribution in [1.82, 2.24) is 14.8 Å². The van der Waals surface area contributed by atoms with Crippen LogP contribution in [0.2, 0.25) is 0 Å². The molecule has 3 aromatic rings. The average Bonchev–Trinajstić information content (AvgIpc) is 2.82. The molecule has 0 N–H and O–H groups in total. The largest absolute Gasteiger partial charge is 0.310 e. The number of halogens is 2. The molecule has 0 amide bonds. The smallest absolute Gasteiger partial charge is 0.164 e. The van der Waals surface area contributed by atoms with E-state index in [2.05, 4.69) is 61.1 Å². The normalized spacial score (nSPS) is 10.9. The molecule has 0 bridgehead atoms. The van der Waals surface area contributed by atoms with Crippen molar-refractivity contribution in [1.29, 1.82) is 0 Å². The quantitative estimate of drug-likeness (QED) is 0.600. The minimum absolute atomic E-state index is 0.861. The zero-order valence-electron chi connectivity index (χ0n) is 11.6. The minimum Gasteiger partial charge on any atom is -0.310 e. The molecule has 1 heterocycles. The molecule has 0 spiro atoms. The number of rotatable bonds is 2. The Morgan fingerprint density at radius 2 is 1.48 bits per heavy atom. The Hall–Kier alpha value is -1.46. The summed E-state index contributed by atoms with van der Waals surface area (Å²) in [6.45, 7) is 2.08. The van der Waals surface area contributed by atoms with Gasteiger partial charge in [-0.1, -0.05) is 44.0 Å². The van der Waals surface area contributed by atoms with Crippen molar-refractivity contribution in [3.05, 3.63) is 57.0 Å². The lowest BCUT2D eigenvalue weighted by molar-refractivity contribution is 0.928. The molecule has 0 radical (unpaired) electrons. The molecule has 0 saturated carbocycles. The minimum atomic E-state index is 0.861. The first kappa shape index (κ1) is 14.5. The maximum Gasteiger partial charge on any atom is 0.164 e. The average molecular weight is 407 g/mol. The Morgan fingerprint density at radius 3 is 2.14 bits per heavy atom. The van der Waals surface area contributed by atoms with Gasteiger partial charge in [0, 0.05) is 27.1 Å². The second kappa shape index (κ2) is 5.73. The third-order valence-electron chi connectivity index (χ3n) is 3.41. The monoisotopic (exact) mass is 405 g/mol. The van der Waals surface area contributed by atoms with E-state index >= 15 is 0 Å². The third kappa shape index (κ3) is 2.80. The van der Waals surface area contributed by atoms with Crippen molar-refractivity contribution < 1.29 is 0 Å². The highest BCUT2D eigenvalue weighted by atomic mass is 79.9. The number of nitrogens with zero attached hydrogens (tertiary/aromatic N) is 3. The van der Waals surface area contributed by atoms with Crippen LogP contribution in [0.4, 0.5) is 0 Å². The molecule has 21 heavy (non-hydrogen) atoms. The van der Waals surface area contributed by atoms with Gasteiger partial charge in [-0.25, -0.2) is 0 Å². The van der Waals surface area contributed by atoms with Crippen LogP contribution in [-0.4, -0.2) is 14.8 Å². The number of benzene rings is 2. The molecule has 1 aromatic heterocycles. The fraction of sp³-hybridized carbons (Fsp3) is 0.125. The van der Waals surface area contributed by atoms with Crippen LogP contribution in [-0.2, 0) is 7.05 Å². The molecule has 0 atom stereocenters. The van der Waals surface area contributed by atoms with Gasteiger partial charge in [0.25, 0.3) is 0 Å². The molecular formula is C16H13Br2N3.